The number of imidazole rings is 1. The highest BCUT2D eigenvalue weighted by molar-refractivity contribution is 7.18. The van der Waals surface area contributed by atoms with Gasteiger partial charge < -0.3 is 4.74 Å². The molecule has 3 aromatic carbocycles. The smallest absolute Gasteiger partial charge is 0.306 e. The summed E-state index contributed by atoms with van der Waals surface area (Å²) in [6, 6.07) is 32.0. The van der Waals surface area contributed by atoms with E-state index in [0.29, 0.717) is 12.8 Å². The van der Waals surface area contributed by atoms with E-state index in [1.165, 1.54) is 11.1 Å². The van der Waals surface area contributed by atoms with Crippen molar-refractivity contribution in [3.05, 3.63) is 156 Å². The van der Waals surface area contributed by atoms with Crippen molar-refractivity contribution < 1.29 is 9.53 Å². The Bertz CT molecular complexity index is 2360. The fourth-order valence-corrected chi connectivity index (χ4v) is 8.59. The first-order chi connectivity index (χ1) is 24.1. The normalized spacial score (nSPS) is 17.7. The topological polar surface area (TPSA) is 74.3 Å². The molecule has 9 rings (SSSR count). The van der Waals surface area contributed by atoms with Crippen molar-refractivity contribution in [1.29, 1.82) is 0 Å². The van der Waals surface area contributed by atoms with Crippen LogP contribution in [-0.2, 0) is 15.1 Å². The molecule has 240 valence electrons. The largest absolute Gasteiger partial charge is 0.455 e. The zero-order chi connectivity index (χ0) is 33.0. The molecule has 4 aromatic heterocycles. The minimum atomic E-state index is -0.559. The van der Waals surface area contributed by atoms with Gasteiger partial charge in [-0.1, -0.05) is 91.0 Å². The Morgan fingerprint density at radius 1 is 0.898 bits per heavy atom. The van der Waals surface area contributed by atoms with E-state index in [1.807, 2.05) is 12.3 Å². The summed E-state index contributed by atoms with van der Waals surface area (Å²) in [5, 5.41) is 6.16. The lowest BCUT2D eigenvalue weighted by Gasteiger charge is -2.41. The van der Waals surface area contributed by atoms with Crippen LogP contribution in [0.2, 0.25) is 0 Å². The molecule has 0 amide bonds. The fourth-order valence-electron chi connectivity index (χ4n) is 7.52. The molecule has 0 bridgehead atoms. The van der Waals surface area contributed by atoms with E-state index in [1.54, 1.807) is 11.3 Å². The second-order valence-corrected chi connectivity index (χ2v) is 13.8. The van der Waals surface area contributed by atoms with Gasteiger partial charge in [-0.15, -0.1) is 11.3 Å². The Balaban J connectivity index is 1.15. The lowest BCUT2D eigenvalue weighted by atomic mass is 9.70. The number of rotatable bonds is 7. The maximum Gasteiger partial charge on any atom is 0.306 e. The van der Waals surface area contributed by atoms with E-state index in [2.05, 4.69) is 138 Å². The third-order valence-electron chi connectivity index (χ3n) is 9.88. The van der Waals surface area contributed by atoms with Crippen molar-refractivity contribution in [2.24, 2.45) is 5.92 Å². The van der Waals surface area contributed by atoms with Gasteiger partial charge in [-0.25, -0.2) is 9.97 Å². The Kier molecular flexibility index (Phi) is 7.13. The molecule has 0 saturated carbocycles. The Hall–Kier alpha value is -5.60. The highest BCUT2D eigenvalue weighted by Crippen LogP contribution is 2.45. The molecular weight excluding hydrogens is 627 g/mol. The molecule has 1 aliphatic heterocycles. The molecule has 7 aromatic rings. The van der Waals surface area contributed by atoms with E-state index >= 15 is 0 Å². The molecule has 2 atom stereocenters. The van der Waals surface area contributed by atoms with Crippen LogP contribution >= 0.6 is 11.3 Å². The van der Waals surface area contributed by atoms with E-state index in [0.717, 1.165) is 55.4 Å². The molecule has 7 nitrogen and oxygen atoms in total. The summed E-state index contributed by atoms with van der Waals surface area (Å²) in [7, 11) is 0. The molecule has 1 fully saturated rings. The van der Waals surface area contributed by atoms with Gasteiger partial charge >= 0.3 is 5.97 Å². The number of thiazole rings is 1. The average molecular weight is 660 g/mol. The number of nitrogens with zero attached hydrogens (tertiary/aromatic N) is 5. The van der Waals surface area contributed by atoms with Gasteiger partial charge in [-0.05, 0) is 48.7 Å². The summed E-state index contributed by atoms with van der Waals surface area (Å²) < 4.78 is 10.9. The zero-order valence-corrected chi connectivity index (χ0v) is 27.8. The summed E-state index contributed by atoms with van der Waals surface area (Å²) in [6.07, 6.45) is 17.0. The minimum absolute atomic E-state index is 0.152. The number of cyclic esters (lactones) is 1. The molecule has 2 aliphatic rings. The number of esters is 1. The zero-order valence-electron chi connectivity index (χ0n) is 26.9. The van der Waals surface area contributed by atoms with Crippen LogP contribution in [0.25, 0.3) is 38.2 Å². The van der Waals surface area contributed by atoms with Crippen molar-refractivity contribution >= 4 is 33.2 Å². The fraction of sp³-hybridized carbons (Fsp3) is 0.171. The van der Waals surface area contributed by atoms with Gasteiger partial charge in [0.05, 0.1) is 27.8 Å². The van der Waals surface area contributed by atoms with E-state index in [-0.39, 0.29) is 18.0 Å². The maximum atomic E-state index is 11.7. The Morgan fingerprint density at radius 2 is 1.67 bits per heavy atom. The lowest BCUT2D eigenvalue weighted by molar-refractivity contribution is -0.141. The number of ether oxygens (including phenoxy) is 1. The third-order valence-corrected chi connectivity index (χ3v) is 11.0. The molecule has 1 aliphatic carbocycles. The quantitative estimate of drug-likeness (QED) is 0.160. The Labute approximate surface area is 287 Å². The number of carbonyl (C=O) groups is 1. The van der Waals surface area contributed by atoms with Crippen LogP contribution < -0.4 is 0 Å². The van der Waals surface area contributed by atoms with Gasteiger partial charge in [-0.2, -0.15) is 5.10 Å². The first kappa shape index (κ1) is 29.5. The summed E-state index contributed by atoms with van der Waals surface area (Å²) in [4.78, 5) is 21.2. The van der Waals surface area contributed by atoms with Gasteiger partial charge in [0.25, 0.3) is 0 Å². The number of aryl methyl sites for hydroxylation is 1. The van der Waals surface area contributed by atoms with Gasteiger partial charge in [0.15, 0.2) is 6.10 Å². The number of aromatic nitrogens is 5. The van der Waals surface area contributed by atoms with Crippen molar-refractivity contribution in [3.8, 4) is 22.4 Å². The monoisotopic (exact) mass is 659 g/mol. The molecule has 49 heavy (non-hydrogen) atoms. The van der Waals surface area contributed by atoms with Crippen molar-refractivity contribution in [3.63, 3.8) is 0 Å². The van der Waals surface area contributed by atoms with Gasteiger partial charge in [0.2, 0.25) is 0 Å². The number of hydrogen-bond acceptors (Lipinski definition) is 6. The SMILES string of the molecule is Cc1nn(C(c2ccccc2)(c2ccccc2)C2C=CC=CC2)cc1-c1ccc2ncc(-c3ccc4nc([C@@H]5CCC(=O)O5)sc4c3)n2c1. The average Bonchev–Trinajstić information content (AvgIpc) is 3.95. The summed E-state index contributed by atoms with van der Waals surface area (Å²) in [6.45, 7) is 2.10. The van der Waals surface area contributed by atoms with Crippen LogP contribution in [0.5, 0.6) is 0 Å². The van der Waals surface area contributed by atoms with E-state index < -0.39 is 5.54 Å². The predicted octanol–water partition coefficient (Wildman–Crippen LogP) is 9.09. The molecule has 1 saturated heterocycles. The highest BCUT2D eigenvalue weighted by Gasteiger charge is 2.44. The standard InChI is InChI=1S/C41H33N5O2S/c1-27-33(26-46(44-27)41(30-11-5-2-6-12-30,31-13-7-3-8-14-31)32-15-9-4-10-16-32)29-18-21-38-42-24-35(45(38)25-29)28-17-19-34-37(23-28)49-40(43-34)36-20-22-39(47)48-36/h2-15,17-19,21,23-26,32,36H,16,20,22H2,1H3/t32?,36-/m0/s1. The first-order valence-corrected chi connectivity index (χ1v) is 17.5. The number of benzene rings is 3. The number of allylic oxidation sites excluding steroid dienone is 4. The van der Waals surface area contributed by atoms with Crippen LogP contribution in [0.15, 0.2) is 134 Å². The van der Waals surface area contributed by atoms with Crippen LogP contribution in [0.4, 0.5) is 0 Å². The number of carbonyl (C=O) groups excluding carboxylic acids is 1. The van der Waals surface area contributed by atoms with Crippen LogP contribution in [0.1, 0.15) is 47.2 Å². The number of fused-ring (bicyclic) bond motifs is 2. The lowest BCUT2D eigenvalue weighted by Crippen LogP contribution is -2.43. The molecule has 5 heterocycles. The highest BCUT2D eigenvalue weighted by atomic mass is 32.1. The summed E-state index contributed by atoms with van der Waals surface area (Å²) in [5.74, 6) is 0.00105. The predicted molar refractivity (Wildman–Crippen MR) is 193 cm³/mol. The minimum Gasteiger partial charge on any atom is -0.455 e. The Morgan fingerprint density at radius 3 is 2.39 bits per heavy atom. The molecule has 8 heteroatoms. The van der Waals surface area contributed by atoms with Crippen LogP contribution in [0, 0.1) is 12.8 Å². The molecular formula is C41H33N5O2S. The molecule has 0 spiro atoms. The van der Waals surface area contributed by atoms with Gasteiger partial charge in [0, 0.05) is 47.8 Å². The number of hydrogen-bond donors (Lipinski definition) is 0. The molecule has 1 unspecified atom stereocenters. The summed E-state index contributed by atoms with van der Waals surface area (Å²) >= 11 is 1.59. The van der Waals surface area contributed by atoms with Crippen LogP contribution in [0.3, 0.4) is 0 Å². The maximum absolute atomic E-state index is 11.7. The molecule has 0 radical (unpaired) electrons. The van der Waals surface area contributed by atoms with Crippen LogP contribution in [-0.4, -0.2) is 30.1 Å². The van der Waals surface area contributed by atoms with E-state index in [4.69, 9.17) is 19.8 Å². The van der Waals surface area contributed by atoms with Gasteiger partial charge in [0.1, 0.15) is 16.2 Å². The van der Waals surface area contributed by atoms with Crippen molar-refractivity contribution in [1.82, 2.24) is 24.1 Å². The number of pyridine rings is 1. The second-order valence-electron chi connectivity index (χ2n) is 12.8. The molecule has 0 N–H and O–H groups in total. The van der Waals surface area contributed by atoms with Crippen molar-refractivity contribution in [2.75, 3.05) is 0 Å². The second kappa shape index (κ2) is 11.8. The van der Waals surface area contributed by atoms with Crippen molar-refractivity contribution in [2.45, 2.75) is 37.8 Å². The first-order valence-electron chi connectivity index (χ1n) is 16.7. The van der Waals surface area contributed by atoms with E-state index in [9.17, 15) is 4.79 Å². The third kappa shape index (κ3) is 4.94. The summed E-state index contributed by atoms with van der Waals surface area (Å²) in [5.41, 5.74) is 8.74. The van der Waals surface area contributed by atoms with Gasteiger partial charge in [-0.3, -0.25) is 13.9 Å².